The van der Waals surface area contributed by atoms with Crippen LogP contribution in [0.2, 0.25) is 0 Å². The lowest BCUT2D eigenvalue weighted by molar-refractivity contribution is -0.0755. The van der Waals surface area contributed by atoms with Gasteiger partial charge in [0.1, 0.15) is 6.17 Å². The molecule has 0 amide bonds. The molecule has 2 fully saturated rings. The van der Waals surface area contributed by atoms with Gasteiger partial charge in [-0.1, -0.05) is 13.8 Å². The molecule has 0 aromatic carbocycles. The predicted octanol–water partition coefficient (Wildman–Crippen LogP) is 2.48. The monoisotopic (exact) mass is 229 g/mol. The van der Waals surface area contributed by atoms with Crippen molar-refractivity contribution in [1.29, 1.82) is 0 Å². The molecular weight excluding hydrogens is 205 g/mol. The summed E-state index contributed by atoms with van der Waals surface area (Å²) < 4.78 is 19.3. The number of ether oxygens (including phenoxy) is 1. The molecule has 2 aliphatic heterocycles. The topological polar surface area (TPSA) is 12.5 Å². The van der Waals surface area contributed by atoms with Gasteiger partial charge in [0.25, 0.3) is 0 Å². The van der Waals surface area contributed by atoms with Crippen molar-refractivity contribution >= 4 is 0 Å². The summed E-state index contributed by atoms with van der Waals surface area (Å²) in [7, 11) is 0. The van der Waals surface area contributed by atoms with Gasteiger partial charge in [-0.25, -0.2) is 4.39 Å². The predicted molar refractivity (Wildman–Crippen MR) is 63.3 cm³/mol. The lowest BCUT2D eigenvalue weighted by atomic mass is 9.93. The number of rotatable bonds is 2. The summed E-state index contributed by atoms with van der Waals surface area (Å²) in [5.41, 5.74) is 0. The van der Waals surface area contributed by atoms with E-state index < -0.39 is 6.17 Å². The van der Waals surface area contributed by atoms with E-state index >= 15 is 0 Å². The zero-order chi connectivity index (χ0) is 11.5. The fourth-order valence-corrected chi connectivity index (χ4v) is 2.91. The minimum absolute atomic E-state index is 0.0611. The van der Waals surface area contributed by atoms with Gasteiger partial charge >= 0.3 is 0 Å². The summed E-state index contributed by atoms with van der Waals surface area (Å²) in [6.07, 6.45) is 2.63. The van der Waals surface area contributed by atoms with Crippen molar-refractivity contribution in [2.24, 2.45) is 11.8 Å². The Kier molecular flexibility index (Phi) is 4.20. The fourth-order valence-electron chi connectivity index (χ4n) is 2.91. The molecule has 0 spiro atoms. The van der Waals surface area contributed by atoms with Crippen molar-refractivity contribution in [3.05, 3.63) is 0 Å². The Labute approximate surface area is 98.1 Å². The molecule has 0 aromatic heterocycles. The molecule has 0 unspecified atom stereocenters. The molecule has 0 radical (unpaired) electrons. The van der Waals surface area contributed by atoms with Crippen molar-refractivity contribution in [2.45, 2.75) is 45.4 Å². The molecule has 0 N–H and O–H groups in total. The Balaban J connectivity index is 1.83. The van der Waals surface area contributed by atoms with E-state index in [9.17, 15) is 4.39 Å². The van der Waals surface area contributed by atoms with Crippen LogP contribution < -0.4 is 0 Å². The van der Waals surface area contributed by atoms with Gasteiger partial charge in [0.15, 0.2) is 0 Å². The Bertz CT molecular complexity index is 224. The average Bonchev–Trinajstić information content (AvgIpc) is 2.25. The van der Waals surface area contributed by atoms with Crippen LogP contribution >= 0.6 is 0 Å². The molecule has 16 heavy (non-hydrogen) atoms. The summed E-state index contributed by atoms with van der Waals surface area (Å²) >= 11 is 0. The maximum atomic E-state index is 13.6. The number of likely N-dealkylation sites (tertiary alicyclic amines) is 1. The SMILES string of the molecule is C[C@@H]1CCCN(C[C@@H]2OCC[C@H](F)[C@H]2C)C1. The Morgan fingerprint density at radius 2 is 2.12 bits per heavy atom. The molecule has 4 atom stereocenters. The smallest absolute Gasteiger partial charge is 0.107 e. The quantitative estimate of drug-likeness (QED) is 0.721. The number of nitrogens with zero attached hydrogens (tertiary/aromatic N) is 1. The van der Waals surface area contributed by atoms with E-state index in [2.05, 4.69) is 11.8 Å². The van der Waals surface area contributed by atoms with Crippen molar-refractivity contribution in [1.82, 2.24) is 4.90 Å². The highest BCUT2D eigenvalue weighted by atomic mass is 19.1. The zero-order valence-corrected chi connectivity index (χ0v) is 10.5. The third-order valence-electron chi connectivity index (χ3n) is 4.06. The van der Waals surface area contributed by atoms with Gasteiger partial charge in [0, 0.05) is 32.0 Å². The summed E-state index contributed by atoms with van der Waals surface area (Å²) in [6.45, 7) is 8.13. The van der Waals surface area contributed by atoms with E-state index in [-0.39, 0.29) is 12.0 Å². The number of hydrogen-bond acceptors (Lipinski definition) is 2. The van der Waals surface area contributed by atoms with Crippen LogP contribution in [0.25, 0.3) is 0 Å². The first-order valence-corrected chi connectivity index (χ1v) is 6.65. The molecule has 0 aliphatic carbocycles. The summed E-state index contributed by atoms with van der Waals surface area (Å²) in [6, 6.07) is 0. The van der Waals surface area contributed by atoms with Gasteiger partial charge in [-0.05, 0) is 25.3 Å². The van der Waals surface area contributed by atoms with Crippen LogP contribution in [0.3, 0.4) is 0 Å². The van der Waals surface area contributed by atoms with Crippen LogP contribution in [0.1, 0.15) is 33.1 Å². The third kappa shape index (κ3) is 2.95. The molecule has 94 valence electrons. The van der Waals surface area contributed by atoms with Crippen LogP contribution in [0.5, 0.6) is 0 Å². The average molecular weight is 229 g/mol. The van der Waals surface area contributed by atoms with Gasteiger partial charge in [-0.15, -0.1) is 0 Å². The van der Waals surface area contributed by atoms with Crippen LogP contribution in [0.15, 0.2) is 0 Å². The Hall–Kier alpha value is -0.150. The molecule has 2 heterocycles. The fraction of sp³-hybridized carbons (Fsp3) is 1.00. The van der Waals surface area contributed by atoms with E-state index in [0.717, 1.165) is 25.6 Å². The van der Waals surface area contributed by atoms with Gasteiger partial charge in [0.05, 0.1) is 6.10 Å². The molecule has 3 heteroatoms. The minimum Gasteiger partial charge on any atom is -0.376 e. The second-order valence-corrected chi connectivity index (χ2v) is 5.58. The summed E-state index contributed by atoms with van der Waals surface area (Å²) in [5.74, 6) is 0.847. The third-order valence-corrected chi connectivity index (χ3v) is 4.06. The lowest BCUT2D eigenvalue weighted by Crippen LogP contribution is -2.46. The second-order valence-electron chi connectivity index (χ2n) is 5.58. The Morgan fingerprint density at radius 1 is 1.31 bits per heavy atom. The maximum Gasteiger partial charge on any atom is 0.107 e. The Morgan fingerprint density at radius 3 is 2.88 bits per heavy atom. The highest BCUT2D eigenvalue weighted by molar-refractivity contribution is 4.82. The lowest BCUT2D eigenvalue weighted by Gasteiger charge is -2.38. The standard InChI is InChI=1S/C13H24FNO/c1-10-4-3-6-15(8-10)9-13-11(2)12(14)5-7-16-13/h10-13H,3-9H2,1-2H3/t10-,11-,12+,13+/m1/s1. The van der Waals surface area contributed by atoms with E-state index in [4.69, 9.17) is 4.74 Å². The van der Waals surface area contributed by atoms with Gasteiger partial charge in [-0.2, -0.15) is 0 Å². The van der Waals surface area contributed by atoms with Crippen LogP contribution in [-0.2, 0) is 4.74 Å². The summed E-state index contributed by atoms with van der Waals surface area (Å²) in [5, 5.41) is 0. The highest BCUT2D eigenvalue weighted by Gasteiger charge is 2.32. The summed E-state index contributed by atoms with van der Waals surface area (Å²) in [4.78, 5) is 2.45. The number of piperidine rings is 1. The van der Waals surface area contributed by atoms with Crippen LogP contribution in [0, 0.1) is 11.8 Å². The first kappa shape index (κ1) is 12.3. The van der Waals surface area contributed by atoms with Crippen molar-refractivity contribution < 1.29 is 9.13 Å². The van der Waals surface area contributed by atoms with E-state index in [1.54, 1.807) is 0 Å². The molecular formula is C13H24FNO. The molecule has 0 aromatic rings. The molecule has 2 rings (SSSR count). The minimum atomic E-state index is -0.666. The molecule has 2 nitrogen and oxygen atoms in total. The number of alkyl halides is 1. The number of halogens is 1. The van der Waals surface area contributed by atoms with E-state index in [1.807, 2.05) is 6.92 Å². The van der Waals surface area contributed by atoms with Crippen molar-refractivity contribution in [3.8, 4) is 0 Å². The first-order chi connectivity index (χ1) is 7.66. The van der Waals surface area contributed by atoms with Crippen molar-refractivity contribution in [2.75, 3.05) is 26.2 Å². The molecule has 0 saturated carbocycles. The normalized spacial score (nSPS) is 42.2. The highest BCUT2D eigenvalue weighted by Crippen LogP contribution is 2.25. The largest absolute Gasteiger partial charge is 0.376 e. The van der Waals surface area contributed by atoms with Gasteiger partial charge < -0.3 is 9.64 Å². The maximum absolute atomic E-state index is 13.6. The van der Waals surface area contributed by atoms with Crippen LogP contribution in [0.4, 0.5) is 4.39 Å². The molecule has 2 saturated heterocycles. The first-order valence-electron chi connectivity index (χ1n) is 6.65. The van der Waals surface area contributed by atoms with Crippen molar-refractivity contribution in [3.63, 3.8) is 0 Å². The second kappa shape index (κ2) is 5.46. The molecule has 0 bridgehead atoms. The van der Waals surface area contributed by atoms with E-state index in [0.29, 0.717) is 13.0 Å². The van der Waals surface area contributed by atoms with Gasteiger partial charge in [0.2, 0.25) is 0 Å². The van der Waals surface area contributed by atoms with Gasteiger partial charge in [-0.3, -0.25) is 0 Å². The van der Waals surface area contributed by atoms with E-state index in [1.165, 1.54) is 12.8 Å². The number of hydrogen-bond donors (Lipinski definition) is 0. The van der Waals surface area contributed by atoms with Crippen LogP contribution in [-0.4, -0.2) is 43.4 Å². The zero-order valence-electron chi connectivity index (χ0n) is 10.5. The molecule has 2 aliphatic rings.